The summed E-state index contributed by atoms with van der Waals surface area (Å²) in [7, 11) is 0. The predicted octanol–water partition coefficient (Wildman–Crippen LogP) is 3.42. The van der Waals surface area contributed by atoms with Gasteiger partial charge in [-0.1, -0.05) is 13.8 Å². The van der Waals surface area contributed by atoms with E-state index in [1.165, 1.54) is 16.2 Å². The molecule has 0 fully saturated rings. The average Bonchev–Trinajstić information content (AvgIpc) is 2.76. The van der Waals surface area contributed by atoms with Crippen molar-refractivity contribution >= 4 is 23.1 Å². The van der Waals surface area contributed by atoms with E-state index in [2.05, 4.69) is 30.6 Å². The molecule has 0 spiro atoms. The van der Waals surface area contributed by atoms with Crippen molar-refractivity contribution in [3.05, 3.63) is 17.0 Å². The van der Waals surface area contributed by atoms with Crippen LogP contribution in [0.5, 0.6) is 0 Å². The van der Waals surface area contributed by atoms with Gasteiger partial charge in [-0.3, -0.25) is 0 Å². The Morgan fingerprint density at radius 1 is 1.59 bits per heavy atom. The van der Waals surface area contributed by atoms with E-state index in [9.17, 15) is 0 Å². The third-order valence-corrected chi connectivity index (χ3v) is 5.66. The molecule has 0 radical (unpaired) electrons. The zero-order valence-corrected chi connectivity index (χ0v) is 12.1. The lowest BCUT2D eigenvalue weighted by Crippen LogP contribution is -2.35. The molecule has 1 aliphatic heterocycles. The maximum Gasteiger partial charge on any atom is 0.0649 e. The number of thioether (sulfide) groups is 1. The molecule has 96 valence electrons. The first-order chi connectivity index (χ1) is 8.24. The standard InChI is InChI=1S/C13H21NOS2/c1-3-10(4-6-15)14-12-8-9(2)17-13-11(12)5-7-16-13/h5,7,9-10,12,14-15H,3-4,6,8H2,1-2H3/t9-,10?,12?/m0/s1. The number of hydrogen-bond acceptors (Lipinski definition) is 4. The van der Waals surface area contributed by atoms with Gasteiger partial charge in [-0.15, -0.1) is 23.1 Å². The van der Waals surface area contributed by atoms with E-state index in [0.717, 1.165) is 12.8 Å². The minimum Gasteiger partial charge on any atom is -0.396 e. The van der Waals surface area contributed by atoms with Crippen LogP contribution in [0, 0.1) is 0 Å². The Morgan fingerprint density at radius 3 is 3.12 bits per heavy atom. The highest BCUT2D eigenvalue weighted by molar-refractivity contribution is 8.01. The van der Waals surface area contributed by atoms with Gasteiger partial charge in [0.15, 0.2) is 0 Å². The van der Waals surface area contributed by atoms with Crippen molar-refractivity contribution in [1.29, 1.82) is 0 Å². The van der Waals surface area contributed by atoms with Gasteiger partial charge in [0.05, 0.1) is 4.21 Å². The quantitative estimate of drug-likeness (QED) is 0.860. The second kappa shape index (κ2) is 6.23. The van der Waals surface area contributed by atoms with Crippen LogP contribution in [0.15, 0.2) is 15.7 Å². The largest absolute Gasteiger partial charge is 0.396 e. The molecule has 1 aliphatic rings. The number of hydrogen-bond donors (Lipinski definition) is 2. The third-order valence-electron chi connectivity index (χ3n) is 3.32. The summed E-state index contributed by atoms with van der Waals surface area (Å²) < 4.78 is 1.47. The van der Waals surface area contributed by atoms with Gasteiger partial charge in [-0.05, 0) is 36.3 Å². The summed E-state index contributed by atoms with van der Waals surface area (Å²) in [5.74, 6) is 0. The molecule has 4 heteroatoms. The molecule has 0 bridgehead atoms. The van der Waals surface area contributed by atoms with Crippen LogP contribution in [-0.4, -0.2) is 23.0 Å². The Bertz CT molecular complexity index is 353. The Kier molecular flexibility index (Phi) is 4.91. The van der Waals surface area contributed by atoms with Gasteiger partial charge in [0.25, 0.3) is 0 Å². The molecule has 0 aromatic carbocycles. The van der Waals surface area contributed by atoms with Gasteiger partial charge in [0, 0.05) is 23.9 Å². The van der Waals surface area contributed by atoms with E-state index in [-0.39, 0.29) is 6.61 Å². The van der Waals surface area contributed by atoms with Gasteiger partial charge in [0.1, 0.15) is 0 Å². The van der Waals surface area contributed by atoms with Crippen LogP contribution in [0.1, 0.15) is 44.7 Å². The van der Waals surface area contributed by atoms with Crippen molar-refractivity contribution in [2.45, 2.75) is 54.7 Å². The van der Waals surface area contributed by atoms with Gasteiger partial charge >= 0.3 is 0 Å². The summed E-state index contributed by atoms with van der Waals surface area (Å²) >= 11 is 3.85. The van der Waals surface area contributed by atoms with E-state index >= 15 is 0 Å². The van der Waals surface area contributed by atoms with Crippen molar-refractivity contribution in [3.63, 3.8) is 0 Å². The fraction of sp³-hybridized carbons (Fsp3) is 0.692. The minimum absolute atomic E-state index is 0.277. The summed E-state index contributed by atoms with van der Waals surface area (Å²) in [5, 5.41) is 15.7. The van der Waals surface area contributed by atoms with Crippen molar-refractivity contribution in [2.75, 3.05) is 6.61 Å². The minimum atomic E-state index is 0.277. The lowest BCUT2D eigenvalue weighted by atomic mass is 10.0. The molecule has 17 heavy (non-hydrogen) atoms. The van der Waals surface area contributed by atoms with E-state index in [1.54, 1.807) is 0 Å². The molecule has 3 atom stereocenters. The van der Waals surface area contributed by atoms with Crippen LogP contribution >= 0.6 is 23.1 Å². The smallest absolute Gasteiger partial charge is 0.0649 e. The topological polar surface area (TPSA) is 32.3 Å². The number of aliphatic hydroxyl groups is 1. The highest BCUT2D eigenvalue weighted by Gasteiger charge is 2.27. The molecule has 0 aliphatic carbocycles. The molecule has 2 rings (SSSR count). The maximum atomic E-state index is 9.06. The maximum absolute atomic E-state index is 9.06. The molecular weight excluding hydrogens is 250 g/mol. The zero-order valence-electron chi connectivity index (χ0n) is 10.5. The van der Waals surface area contributed by atoms with Crippen LogP contribution in [0.2, 0.25) is 0 Å². The first kappa shape index (κ1) is 13.4. The van der Waals surface area contributed by atoms with Crippen LogP contribution in [0.3, 0.4) is 0 Å². The van der Waals surface area contributed by atoms with Gasteiger partial charge in [-0.2, -0.15) is 0 Å². The lowest BCUT2D eigenvalue weighted by molar-refractivity contribution is 0.253. The molecular formula is C13H21NOS2. The van der Waals surface area contributed by atoms with Gasteiger partial charge in [-0.25, -0.2) is 0 Å². The highest BCUT2D eigenvalue weighted by atomic mass is 32.2. The molecule has 2 nitrogen and oxygen atoms in total. The number of fused-ring (bicyclic) bond motifs is 1. The molecule has 0 saturated carbocycles. The molecule has 0 saturated heterocycles. The predicted molar refractivity (Wildman–Crippen MR) is 75.9 cm³/mol. The fourth-order valence-corrected chi connectivity index (χ4v) is 4.92. The number of rotatable bonds is 5. The highest BCUT2D eigenvalue weighted by Crippen LogP contribution is 2.43. The number of thiophene rings is 1. The summed E-state index contributed by atoms with van der Waals surface area (Å²) in [5.41, 5.74) is 1.47. The van der Waals surface area contributed by atoms with Crippen LogP contribution in [0.4, 0.5) is 0 Å². The van der Waals surface area contributed by atoms with Gasteiger partial charge < -0.3 is 10.4 Å². The van der Waals surface area contributed by atoms with Crippen molar-refractivity contribution in [3.8, 4) is 0 Å². The van der Waals surface area contributed by atoms with Crippen molar-refractivity contribution in [1.82, 2.24) is 5.32 Å². The summed E-state index contributed by atoms with van der Waals surface area (Å²) in [6.45, 7) is 4.76. The van der Waals surface area contributed by atoms with E-state index < -0.39 is 0 Å². The summed E-state index contributed by atoms with van der Waals surface area (Å²) in [6, 6.07) is 3.17. The van der Waals surface area contributed by atoms with E-state index in [0.29, 0.717) is 17.3 Å². The molecule has 2 unspecified atom stereocenters. The third kappa shape index (κ3) is 3.25. The second-order valence-electron chi connectivity index (χ2n) is 4.66. The monoisotopic (exact) mass is 271 g/mol. The lowest BCUT2D eigenvalue weighted by Gasteiger charge is -2.31. The van der Waals surface area contributed by atoms with Crippen LogP contribution < -0.4 is 5.32 Å². The SMILES string of the molecule is CCC(CCO)NC1C[C@H](C)Sc2sccc21. The number of nitrogens with one attached hydrogen (secondary N) is 1. The Balaban J connectivity index is 2.06. The summed E-state index contributed by atoms with van der Waals surface area (Å²) in [6.07, 6.45) is 3.13. The molecule has 0 amide bonds. The average molecular weight is 271 g/mol. The fourth-order valence-electron chi connectivity index (χ4n) is 2.35. The van der Waals surface area contributed by atoms with Gasteiger partial charge in [0.2, 0.25) is 0 Å². The first-order valence-electron chi connectivity index (χ1n) is 6.35. The van der Waals surface area contributed by atoms with Crippen molar-refractivity contribution in [2.24, 2.45) is 0 Å². The van der Waals surface area contributed by atoms with E-state index in [4.69, 9.17) is 5.11 Å². The molecule has 2 N–H and O–H groups in total. The molecule has 1 aromatic heterocycles. The normalized spacial score (nSPS) is 25.6. The van der Waals surface area contributed by atoms with Crippen LogP contribution in [0.25, 0.3) is 0 Å². The second-order valence-corrected chi connectivity index (χ2v) is 7.29. The molecule has 2 heterocycles. The molecule has 1 aromatic rings. The number of aliphatic hydroxyl groups excluding tert-OH is 1. The zero-order chi connectivity index (χ0) is 12.3. The Morgan fingerprint density at radius 2 is 2.41 bits per heavy atom. The van der Waals surface area contributed by atoms with Crippen LogP contribution in [-0.2, 0) is 0 Å². The summed E-state index contributed by atoms with van der Waals surface area (Å²) in [4.78, 5) is 0. The van der Waals surface area contributed by atoms with E-state index in [1.807, 2.05) is 23.1 Å². The first-order valence-corrected chi connectivity index (χ1v) is 8.11. The Hall–Kier alpha value is -0.0300. The Labute approximate surface area is 112 Å². The van der Waals surface area contributed by atoms with Crippen molar-refractivity contribution < 1.29 is 5.11 Å².